The Morgan fingerprint density at radius 1 is 1.33 bits per heavy atom. The van der Waals surface area contributed by atoms with E-state index in [0.717, 1.165) is 18.7 Å². The third-order valence-electron chi connectivity index (χ3n) is 2.09. The number of aromatic nitrogens is 3. The molecule has 0 aliphatic heterocycles. The Balaban J connectivity index is 2.70. The smallest absolute Gasteiger partial charge is 0.0828 e. The summed E-state index contributed by atoms with van der Waals surface area (Å²) in [4.78, 5) is 0. The van der Waals surface area contributed by atoms with Gasteiger partial charge in [0.1, 0.15) is 0 Å². The van der Waals surface area contributed by atoms with Crippen LogP contribution in [0.2, 0.25) is 0 Å². The maximum absolute atomic E-state index is 4.09. The lowest BCUT2D eigenvalue weighted by Crippen LogP contribution is -2.04. The number of hydrogen-bond donors (Lipinski definition) is 0. The maximum Gasteiger partial charge on any atom is 0.0828 e. The highest BCUT2D eigenvalue weighted by Gasteiger charge is 2.05. The molecule has 0 unspecified atom stereocenters. The predicted molar refractivity (Wildman–Crippen MR) is 49.0 cm³/mol. The van der Waals surface area contributed by atoms with Crippen molar-refractivity contribution in [2.24, 2.45) is 0 Å². The largest absolute Gasteiger partial charge is 0.249 e. The molecule has 3 nitrogen and oxygen atoms in total. The minimum absolute atomic E-state index is 1.01. The summed E-state index contributed by atoms with van der Waals surface area (Å²) in [5, 5.41) is 8.14. The first-order chi connectivity index (χ1) is 5.79. The van der Waals surface area contributed by atoms with Gasteiger partial charge < -0.3 is 0 Å². The fraction of sp³-hybridized carbons (Fsp3) is 0.778. The summed E-state index contributed by atoms with van der Waals surface area (Å²) in [6.07, 6.45) is 3.43. The molecule has 0 aliphatic rings. The van der Waals surface area contributed by atoms with Crippen molar-refractivity contribution in [2.45, 2.75) is 46.6 Å². The van der Waals surface area contributed by atoms with Crippen molar-refractivity contribution in [3.8, 4) is 0 Å². The summed E-state index contributed by atoms with van der Waals surface area (Å²) in [5.41, 5.74) is 2.36. The van der Waals surface area contributed by atoms with Crippen LogP contribution in [0.25, 0.3) is 0 Å². The first kappa shape index (κ1) is 9.23. The second-order valence-electron chi connectivity index (χ2n) is 3.05. The molecule has 0 spiro atoms. The van der Waals surface area contributed by atoms with Crippen LogP contribution in [-0.4, -0.2) is 15.0 Å². The molecular weight excluding hydrogens is 150 g/mol. The Morgan fingerprint density at radius 3 is 2.67 bits per heavy atom. The van der Waals surface area contributed by atoms with Crippen LogP contribution in [-0.2, 0) is 13.0 Å². The van der Waals surface area contributed by atoms with Gasteiger partial charge in [0.25, 0.3) is 0 Å². The molecule has 0 atom stereocenters. The molecule has 12 heavy (non-hydrogen) atoms. The Kier molecular flexibility index (Phi) is 3.26. The zero-order chi connectivity index (χ0) is 8.97. The van der Waals surface area contributed by atoms with Gasteiger partial charge in [-0.3, -0.25) is 0 Å². The first-order valence-electron chi connectivity index (χ1n) is 4.68. The van der Waals surface area contributed by atoms with Crippen molar-refractivity contribution in [2.75, 3.05) is 0 Å². The minimum Gasteiger partial charge on any atom is -0.249 e. The minimum atomic E-state index is 1.01. The summed E-state index contributed by atoms with van der Waals surface area (Å²) in [6.45, 7) is 7.37. The molecule has 0 fully saturated rings. The van der Waals surface area contributed by atoms with Gasteiger partial charge in [0.15, 0.2) is 0 Å². The molecule has 0 saturated heterocycles. The molecule has 1 aromatic heterocycles. The van der Waals surface area contributed by atoms with Crippen LogP contribution in [0.5, 0.6) is 0 Å². The molecule has 0 saturated carbocycles. The normalized spacial score (nSPS) is 10.6. The number of nitrogens with zero attached hydrogens (tertiary/aromatic N) is 3. The fourth-order valence-corrected chi connectivity index (χ4v) is 1.35. The van der Waals surface area contributed by atoms with Crippen LogP contribution >= 0.6 is 0 Å². The van der Waals surface area contributed by atoms with Gasteiger partial charge in [-0.1, -0.05) is 25.5 Å². The third kappa shape index (κ3) is 1.84. The highest BCUT2D eigenvalue weighted by Crippen LogP contribution is 2.05. The average Bonchev–Trinajstić information content (AvgIpc) is 2.43. The zero-order valence-corrected chi connectivity index (χ0v) is 8.17. The molecule has 68 valence electrons. The van der Waals surface area contributed by atoms with E-state index in [1.54, 1.807) is 0 Å². The molecule has 1 aromatic rings. The van der Waals surface area contributed by atoms with E-state index in [1.807, 2.05) is 11.6 Å². The Hall–Kier alpha value is -0.860. The van der Waals surface area contributed by atoms with E-state index >= 15 is 0 Å². The van der Waals surface area contributed by atoms with E-state index in [9.17, 15) is 0 Å². The van der Waals surface area contributed by atoms with Crippen LogP contribution in [0.4, 0.5) is 0 Å². The van der Waals surface area contributed by atoms with Crippen molar-refractivity contribution >= 4 is 0 Å². The van der Waals surface area contributed by atoms with E-state index in [0.29, 0.717) is 0 Å². The Morgan fingerprint density at radius 2 is 2.08 bits per heavy atom. The van der Waals surface area contributed by atoms with Crippen LogP contribution in [0, 0.1) is 6.92 Å². The molecule has 3 heteroatoms. The summed E-state index contributed by atoms with van der Waals surface area (Å²) in [7, 11) is 0. The van der Waals surface area contributed by atoms with E-state index < -0.39 is 0 Å². The van der Waals surface area contributed by atoms with Crippen molar-refractivity contribution in [1.82, 2.24) is 15.0 Å². The number of rotatable bonds is 4. The topological polar surface area (TPSA) is 30.7 Å². The summed E-state index contributed by atoms with van der Waals surface area (Å²) >= 11 is 0. The molecular formula is C9H17N3. The monoisotopic (exact) mass is 167 g/mol. The van der Waals surface area contributed by atoms with Crippen molar-refractivity contribution < 1.29 is 0 Å². The van der Waals surface area contributed by atoms with Gasteiger partial charge in [0.05, 0.1) is 11.4 Å². The lowest BCUT2D eigenvalue weighted by atomic mass is 10.2. The zero-order valence-electron chi connectivity index (χ0n) is 8.17. The molecule has 1 rings (SSSR count). The number of unbranched alkanes of at least 4 members (excludes halogenated alkanes) is 1. The lowest BCUT2D eigenvalue weighted by Gasteiger charge is -2.02. The third-order valence-corrected chi connectivity index (χ3v) is 2.09. The predicted octanol–water partition coefficient (Wildman–Crippen LogP) is 1.95. The van der Waals surface area contributed by atoms with E-state index in [-0.39, 0.29) is 0 Å². The van der Waals surface area contributed by atoms with Gasteiger partial charge >= 0.3 is 0 Å². The SMILES string of the molecule is CCCCn1nnc(C)c1CC. The molecule has 0 aromatic carbocycles. The van der Waals surface area contributed by atoms with E-state index in [4.69, 9.17) is 0 Å². The highest BCUT2D eigenvalue weighted by atomic mass is 15.4. The van der Waals surface area contributed by atoms with Crippen LogP contribution < -0.4 is 0 Å². The first-order valence-corrected chi connectivity index (χ1v) is 4.68. The van der Waals surface area contributed by atoms with Crippen molar-refractivity contribution in [1.29, 1.82) is 0 Å². The van der Waals surface area contributed by atoms with Gasteiger partial charge in [-0.25, -0.2) is 4.68 Å². The van der Waals surface area contributed by atoms with Gasteiger partial charge in [-0.05, 0) is 19.8 Å². The summed E-state index contributed by atoms with van der Waals surface area (Å²) in [6, 6.07) is 0. The number of aryl methyl sites for hydroxylation is 2. The Labute approximate surface area is 73.8 Å². The second kappa shape index (κ2) is 4.24. The fourth-order valence-electron chi connectivity index (χ4n) is 1.35. The van der Waals surface area contributed by atoms with Crippen LogP contribution in [0.1, 0.15) is 38.1 Å². The Bertz CT molecular complexity index is 240. The maximum atomic E-state index is 4.09. The van der Waals surface area contributed by atoms with Crippen LogP contribution in [0.15, 0.2) is 0 Å². The van der Waals surface area contributed by atoms with Crippen LogP contribution in [0.3, 0.4) is 0 Å². The van der Waals surface area contributed by atoms with Gasteiger partial charge in [0, 0.05) is 6.54 Å². The van der Waals surface area contributed by atoms with Gasteiger partial charge in [-0.15, -0.1) is 5.10 Å². The highest BCUT2D eigenvalue weighted by molar-refractivity contribution is 5.07. The van der Waals surface area contributed by atoms with E-state index in [1.165, 1.54) is 18.5 Å². The second-order valence-corrected chi connectivity index (χ2v) is 3.05. The summed E-state index contributed by atoms with van der Waals surface area (Å²) < 4.78 is 2.03. The molecule has 1 heterocycles. The van der Waals surface area contributed by atoms with E-state index in [2.05, 4.69) is 24.2 Å². The molecule has 0 N–H and O–H groups in total. The molecule has 0 radical (unpaired) electrons. The quantitative estimate of drug-likeness (QED) is 0.686. The molecule has 0 aliphatic carbocycles. The standard InChI is InChI=1S/C9H17N3/c1-4-6-7-12-9(5-2)8(3)10-11-12/h4-7H2,1-3H3. The van der Waals surface area contributed by atoms with Gasteiger partial charge in [-0.2, -0.15) is 0 Å². The molecule has 0 amide bonds. The van der Waals surface area contributed by atoms with Crippen molar-refractivity contribution in [3.05, 3.63) is 11.4 Å². The molecule has 0 bridgehead atoms. The van der Waals surface area contributed by atoms with Crippen molar-refractivity contribution in [3.63, 3.8) is 0 Å². The van der Waals surface area contributed by atoms with Gasteiger partial charge in [0.2, 0.25) is 0 Å². The lowest BCUT2D eigenvalue weighted by molar-refractivity contribution is 0.535. The number of hydrogen-bond acceptors (Lipinski definition) is 2. The summed E-state index contributed by atoms with van der Waals surface area (Å²) in [5.74, 6) is 0. The average molecular weight is 167 g/mol.